The molecule has 6 rings (SSSR count). The van der Waals surface area contributed by atoms with Crippen LogP contribution in [0.1, 0.15) is 32.6 Å². The van der Waals surface area contributed by atoms with Gasteiger partial charge in [-0.3, -0.25) is 4.79 Å². The van der Waals surface area contributed by atoms with E-state index < -0.39 is 0 Å². The van der Waals surface area contributed by atoms with Crippen molar-refractivity contribution >= 4 is 28.2 Å². The van der Waals surface area contributed by atoms with Gasteiger partial charge in [0.05, 0.1) is 0 Å². The number of fused-ring (bicyclic) bond motifs is 3. The normalized spacial score (nSPS) is 12.2. The van der Waals surface area contributed by atoms with Gasteiger partial charge in [-0.05, 0) is 46.2 Å². The number of hydrogen-bond acceptors (Lipinski definition) is 2. The summed E-state index contributed by atoms with van der Waals surface area (Å²) in [4.78, 5) is 13.2. The van der Waals surface area contributed by atoms with Gasteiger partial charge < -0.3 is 4.74 Å². The van der Waals surface area contributed by atoms with E-state index in [1.807, 2.05) is 103 Å². The summed E-state index contributed by atoms with van der Waals surface area (Å²) in [7, 11) is 0. The predicted molar refractivity (Wildman–Crippen MR) is 142 cm³/mol. The van der Waals surface area contributed by atoms with Gasteiger partial charge >= 0.3 is 0 Å². The average Bonchev–Trinajstić information content (AvgIpc) is 2.94. The van der Waals surface area contributed by atoms with Crippen LogP contribution in [-0.4, -0.2) is 5.78 Å². The molecule has 0 aliphatic carbocycles. The van der Waals surface area contributed by atoms with Crippen LogP contribution in [0.5, 0.6) is 5.75 Å². The first kappa shape index (κ1) is 20.9. The predicted octanol–water partition coefficient (Wildman–Crippen LogP) is 7.94. The number of allylic oxidation sites excluding steroid dienone is 1. The van der Waals surface area contributed by atoms with E-state index in [0.29, 0.717) is 11.1 Å². The summed E-state index contributed by atoms with van der Waals surface area (Å²) in [5.74, 6) is 1.60. The third-order valence-corrected chi connectivity index (χ3v) is 6.34. The molecule has 0 saturated heterocycles. The van der Waals surface area contributed by atoms with E-state index in [1.165, 1.54) is 0 Å². The third-order valence-electron chi connectivity index (χ3n) is 6.34. The van der Waals surface area contributed by atoms with Gasteiger partial charge in [-0.1, -0.05) is 109 Å². The summed E-state index contributed by atoms with van der Waals surface area (Å²) in [6, 6.07) is 39.9. The van der Waals surface area contributed by atoms with Crippen LogP contribution in [0.2, 0.25) is 0 Å². The molecule has 5 aromatic carbocycles. The molecule has 0 N–H and O–H groups in total. The molecule has 0 atom stereocenters. The Morgan fingerprint density at radius 2 is 1.11 bits per heavy atom. The second-order valence-electron chi connectivity index (χ2n) is 8.48. The fraction of sp³-hybridized carbons (Fsp3) is 0. The molecule has 1 aliphatic heterocycles. The molecule has 0 amide bonds. The van der Waals surface area contributed by atoms with Crippen LogP contribution >= 0.6 is 0 Å². The zero-order chi connectivity index (χ0) is 23.6. The number of carbonyl (C=O) groups is 1. The van der Waals surface area contributed by atoms with Crippen molar-refractivity contribution in [1.82, 2.24) is 0 Å². The minimum Gasteiger partial charge on any atom is -0.456 e. The Balaban J connectivity index is 1.48. The molecular formula is C33H22O2. The molecule has 35 heavy (non-hydrogen) atoms. The smallest absolute Gasteiger partial charge is 0.193 e. The van der Waals surface area contributed by atoms with E-state index in [-0.39, 0.29) is 5.78 Å². The Hall–Kier alpha value is -4.69. The van der Waals surface area contributed by atoms with Crippen molar-refractivity contribution in [3.05, 3.63) is 161 Å². The highest BCUT2D eigenvalue weighted by molar-refractivity contribution is 6.17. The summed E-state index contributed by atoms with van der Waals surface area (Å²) in [6.07, 6.45) is 4.13. The van der Waals surface area contributed by atoms with Gasteiger partial charge in [0.1, 0.15) is 11.5 Å². The molecular weight excluding hydrogens is 428 g/mol. The topological polar surface area (TPSA) is 26.3 Å². The molecule has 0 aromatic heterocycles. The van der Waals surface area contributed by atoms with Gasteiger partial charge in [-0.15, -0.1) is 0 Å². The van der Waals surface area contributed by atoms with E-state index in [1.54, 1.807) is 0 Å². The van der Waals surface area contributed by atoms with Crippen molar-refractivity contribution in [1.29, 1.82) is 0 Å². The molecule has 2 nitrogen and oxygen atoms in total. The van der Waals surface area contributed by atoms with Crippen LogP contribution in [-0.2, 0) is 0 Å². The molecule has 0 fully saturated rings. The Kier molecular flexibility index (Phi) is 5.32. The maximum absolute atomic E-state index is 13.2. The van der Waals surface area contributed by atoms with Crippen molar-refractivity contribution < 1.29 is 9.53 Å². The van der Waals surface area contributed by atoms with Crippen LogP contribution in [0.3, 0.4) is 0 Å². The van der Waals surface area contributed by atoms with E-state index in [2.05, 4.69) is 30.3 Å². The Morgan fingerprint density at radius 1 is 0.514 bits per heavy atom. The minimum absolute atomic E-state index is 0.0212. The lowest BCUT2D eigenvalue weighted by Gasteiger charge is -2.21. The first-order valence-corrected chi connectivity index (χ1v) is 11.7. The molecule has 2 heteroatoms. The van der Waals surface area contributed by atoms with Crippen LogP contribution in [0.4, 0.5) is 0 Å². The van der Waals surface area contributed by atoms with Gasteiger partial charge in [-0.25, -0.2) is 0 Å². The van der Waals surface area contributed by atoms with Crippen molar-refractivity contribution in [3.63, 3.8) is 0 Å². The fourth-order valence-electron chi connectivity index (χ4n) is 4.67. The molecule has 1 heterocycles. The van der Waals surface area contributed by atoms with Crippen LogP contribution < -0.4 is 4.74 Å². The van der Waals surface area contributed by atoms with Crippen LogP contribution in [0.25, 0.3) is 22.4 Å². The van der Waals surface area contributed by atoms with Gasteiger partial charge in [0.2, 0.25) is 0 Å². The van der Waals surface area contributed by atoms with Crippen LogP contribution in [0.15, 0.2) is 133 Å². The van der Waals surface area contributed by atoms with Crippen molar-refractivity contribution in [3.8, 4) is 5.75 Å². The Labute approximate surface area is 204 Å². The van der Waals surface area contributed by atoms with E-state index >= 15 is 0 Å². The number of carbonyl (C=O) groups excluding carboxylic acids is 1. The maximum Gasteiger partial charge on any atom is 0.193 e. The first-order valence-electron chi connectivity index (χ1n) is 11.7. The number of hydrogen-bond donors (Lipinski definition) is 0. The zero-order valence-electron chi connectivity index (χ0n) is 19.0. The molecule has 0 spiro atoms. The number of ether oxygens (including phenoxy) is 1. The van der Waals surface area contributed by atoms with E-state index in [0.717, 1.165) is 44.5 Å². The highest BCUT2D eigenvalue weighted by atomic mass is 16.5. The van der Waals surface area contributed by atoms with Gasteiger partial charge in [0.15, 0.2) is 5.78 Å². The molecule has 0 bridgehead atoms. The first-order chi connectivity index (χ1) is 17.3. The molecule has 1 aliphatic rings. The summed E-state index contributed by atoms with van der Waals surface area (Å²) >= 11 is 0. The molecule has 166 valence electrons. The summed E-state index contributed by atoms with van der Waals surface area (Å²) < 4.78 is 6.50. The Morgan fingerprint density at radius 3 is 1.74 bits per heavy atom. The van der Waals surface area contributed by atoms with Gasteiger partial charge in [0.25, 0.3) is 0 Å². The maximum atomic E-state index is 13.2. The lowest BCUT2D eigenvalue weighted by Crippen LogP contribution is -2.06. The largest absolute Gasteiger partial charge is 0.456 e. The standard InChI is InChI=1S/C33H22O2/c34-33(25-15-8-3-9-16-25)29-18-10-17-26-27(29)19-21-30-28(26)20-22-31(35-30)32(23-11-4-1-5-12-23)24-13-6-2-7-14-24/h1-22H. The molecule has 0 unspecified atom stereocenters. The zero-order valence-corrected chi connectivity index (χ0v) is 19.0. The fourth-order valence-corrected chi connectivity index (χ4v) is 4.67. The monoisotopic (exact) mass is 450 g/mol. The average molecular weight is 451 g/mol. The van der Waals surface area contributed by atoms with E-state index in [9.17, 15) is 4.79 Å². The van der Waals surface area contributed by atoms with Gasteiger partial charge in [-0.2, -0.15) is 0 Å². The number of ketones is 1. The quantitative estimate of drug-likeness (QED) is 0.260. The summed E-state index contributed by atoms with van der Waals surface area (Å²) in [5, 5.41) is 1.92. The number of benzene rings is 5. The van der Waals surface area contributed by atoms with Crippen molar-refractivity contribution in [2.45, 2.75) is 0 Å². The van der Waals surface area contributed by atoms with Crippen molar-refractivity contribution in [2.75, 3.05) is 0 Å². The Bertz CT molecular complexity index is 1550. The second kappa shape index (κ2) is 8.92. The minimum atomic E-state index is 0.0212. The van der Waals surface area contributed by atoms with Gasteiger partial charge in [0, 0.05) is 22.3 Å². The number of rotatable bonds is 4. The second-order valence-corrected chi connectivity index (χ2v) is 8.48. The highest BCUT2D eigenvalue weighted by Gasteiger charge is 2.20. The highest BCUT2D eigenvalue weighted by Crippen LogP contribution is 2.38. The van der Waals surface area contributed by atoms with Crippen molar-refractivity contribution in [2.24, 2.45) is 0 Å². The van der Waals surface area contributed by atoms with E-state index in [4.69, 9.17) is 4.74 Å². The molecule has 5 aromatic rings. The lowest BCUT2D eigenvalue weighted by molar-refractivity contribution is 0.104. The van der Waals surface area contributed by atoms with Crippen LogP contribution in [0, 0.1) is 0 Å². The lowest BCUT2D eigenvalue weighted by atomic mass is 9.92. The molecule has 0 radical (unpaired) electrons. The molecule has 0 saturated carbocycles. The summed E-state index contributed by atoms with van der Waals surface area (Å²) in [5.41, 5.74) is 5.60. The third kappa shape index (κ3) is 3.85. The SMILES string of the molecule is O=C(c1ccccc1)c1cccc2c3c(ccc12)OC(=C(c1ccccc1)c1ccccc1)C=C3. The summed E-state index contributed by atoms with van der Waals surface area (Å²) in [6.45, 7) is 0.